The van der Waals surface area contributed by atoms with Gasteiger partial charge in [-0.3, -0.25) is 23.9 Å². The van der Waals surface area contributed by atoms with Crippen molar-refractivity contribution in [3.8, 4) is 22.4 Å². The van der Waals surface area contributed by atoms with Gasteiger partial charge in [0, 0.05) is 70.5 Å². The number of hydrogen-bond donors (Lipinski definition) is 1. The summed E-state index contributed by atoms with van der Waals surface area (Å²) in [4.78, 5) is 23.7. The maximum absolute atomic E-state index is 11.6. The summed E-state index contributed by atoms with van der Waals surface area (Å²) in [5, 5.41) is 2.96. The highest BCUT2D eigenvalue weighted by Crippen LogP contribution is 2.25. The van der Waals surface area contributed by atoms with Gasteiger partial charge in [-0.1, -0.05) is 54.6 Å². The molecule has 0 radical (unpaired) electrons. The van der Waals surface area contributed by atoms with Crippen LogP contribution in [0.3, 0.4) is 0 Å². The highest BCUT2D eigenvalue weighted by Gasteiger charge is 2.21. The second-order valence-corrected chi connectivity index (χ2v) is 10.1. The Balaban J connectivity index is 1.04. The molecule has 2 aromatic carbocycles. The van der Waals surface area contributed by atoms with Crippen molar-refractivity contribution in [3.63, 3.8) is 0 Å². The standard InChI is InChI=1S/C30H34N6O/c37-30-11-13-34(15-12-31-30)23-35-18-16-33(17-19-35)22-24-6-8-25(9-7-24)27-10-14-36-28(21-32-29(36)20-27)26-4-2-1-3-5-26/h1-10,14,20-21H,11-13,15-19,22-23H2,(H,31,37). The summed E-state index contributed by atoms with van der Waals surface area (Å²) in [6, 6.07) is 23.7. The van der Waals surface area contributed by atoms with Gasteiger partial charge >= 0.3 is 0 Å². The Hall–Kier alpha value is -3.52. The van der Waals surface area contributed by atoms with Crippen LogP contribution in [0, 0.1) is 0 Å². The SMILES string of the molecule is O=C1CCN(CN2CCN(Cc3ccc(-c4ccn5c(-c6ccccc6)cnc5c4)cc3)CC2)CCN1. The Kier molecular flexibility index (Phi) is 6.99. The molecule has 0 bridgehead atoms. The molecular formula is C30H34N6O. The van der Waals surface area contributed by atoms with Crippen molar-refractivity contribution in [1.82, 2.24) is 29.4 Å². The van der Waals surface area contributed by atoms with E-state index in [1.807, 2.05) is 12.3 Å². The van der Waals surface area contributed by atoms with Crippen LogP contribution in [0.1, 0.15) is 12.0 Å². The number of rotatable bonds is 6. The molecule has 37 heavy (non-hydrogen) atoms. The van der Waals surface area contributed by atoms with Gasteiger partial charge in [0.2, 0.25) is 5.91 Å². The lowest BCUT2D eigenvalue weighted by atomic mass is 10.0. The summed E-state index contributed by atoms with van der Waals surface area (Å²) in [7, 11) is 0. The number of imidazole rings is 1. The second-order valence-electron chi connectivity index (χ2n) is 10.1. The van der Waals surface area contributed by atoms with E-state index in [1.165, 1.54) is 22.3 Å². The maximum atomic E-state index is 11.6. The molecule has 4 heterocycles. The Bertz CT molecular complexity index is 1340. The number of carbonyl (C=O) groups is 1. The van der Waals surface area contributed by atoms with Crippen molar-refractivity contribution in [3.05, 3.63) is 84.7 Å². The van der Waals surface area contributed by atoms with Crippen LogP contribution >= 0.6 is 0 Å². The van der Waals surface area contributed by atoms with E-state index in [2.05, 4.69) is 96.3 Å². The first-order valence-electron chi connectivity index (χ1n) is 13.3. The van der Waals surface area contributed by atoms with Crippen LogP contribution in [0.15, 0.2) is 79.1 Å². The average Bonchev–Trinajstić information content (AvgIpc) is 3.26. The van der Waals surface area contributed by atoms with Gasteiger partial charge in [-0.15, -0.1) is 0 Å². The fourth-order valence-electron chi connectivity index (χ4n) is 5.37. The fraction of sp³-hybridized carbons (Fsp3) is 0.333. The molecule has 2 aliphatic rings. The average molecular weight is 495 g/mol. The predicted octanol–water partition coefficient (Wildman–Crippen LogP) is 3.57. The van der Waals surface area contributed by atoms with Gasteiger partial charge in [0.1, 0.15) is 5.65 Å². The molecule has 0 spiro atoms. The Morgan fingerprint density at radius 3 is 2.32 bits per heavy atom. The highest BCUT2D eigenvalue weighted by molar-refractivity contribution is 5.76. The van der Waals surface area contributed by atoms with Gasteiger partial charge < -0.3 is 5.32 Å². The number of piperazine rings is 1. The molecule has 7 heteroatoms. The van der Waals surface area contributed by atoms with E-state index in [1.54, 1.807) is 0 Å². The van der Waals surface area contributed by atoms with E-state index in [4.69, 9.17) is 0 Å². The lowest BCUT2D eigenvalue weighted by Gasteiger charge is -2.37. The molecule has 4 aromatic rings. The number of nitrogens with zero attached hydrogens (tertiary/aromatic N) is 5. The van der Waals surface area contributed by atoms with Gasteiger partial charge in [-0.25, -0.2) is 4.98 Å². The molecule has 190 valence electrons. The summed E-state index contributed by atoms with van der Waals surface area (Å²) < 4.78 is 2.15. The van der Waals surface area contributed by atoms with Crippen molar-refractivity contribution in [2.45, 2.75) is 13.0 Å². The van der Waals surface area contributed by atoms with Crippen LogP contribution in [0.2, 0.25) is 0 Å². The van der Waals surface area contributed by atoms with Crippen molar-refractivity contribution >= 4 is 11.6 Å². The van der Waals surface area contributed by atoms with Crippen molar-refractivity contribution in [2.75, 3.05) is 52.5 Å². The van der Waals surface area contributed by atoms with Crippen LogP contribution in [0.4, 0.5) is 0 Å². The molecule has 1 N–H and O–H groups in total. The third-order valence-electron chi connectivity index (χ3n) is 7.55. The minimum absolute atomic E-state index is 0.178. The number of pyridine rings is 1. The molecule has 2 saturated heterocycles. The van der Waals surface area contributed by atoms with Crippen LogP contribution in [-0.4, -0.2) is 82.5 Å². The van der Waals surface area contributed by atoms with Crippen LogP contribution in [-0.2, 0) is 11.3 Å². The lowest BCUT2D eigenvalue weighted by molar-refractivity contribution is -0.120. The summed E-state index contributed by atoms with van der Waals surface area (Å²) in [5.41, 5.74) is 6.98. The maximum Gasteiger partial charge on any atom is 0.221 e. The zero-order valence-corrected chi connectivity index (χ0v) is 21.2. The molecule has 6 rings (SSSR count). The number of fused-ring (bicyclic) bond motifs is 1. The summed E-state index contributed by atoms with van der Waals surface area (Å²) in [5.74, 6) is 0.178. The lowest BCUT2D eigenvalue weighted by Crippen LogP contribution is -2.50. The fourth-order valence-corrected chi connectivity index (χ4v) is 5.37. The van der Waals surface area contributed by atoms with E-state index >= 15 is 0 Å². The minimum Gasteiger partial charge on any atom is -0.355 e. The third kappa shape index (κ3) is 5.59. The third-order valence-corrected chi connectivity index (χ3v) is 7.55. The highest BCUT2D eigenvalue weighted by atomic mass is 16.1. The first-order chi connectivity index (χ1) is 18.2. The van der Waals surface area contributed by atoms with E-state index in [0.29, 0.717) is 6.42 Å². The number of benzene rings is 2. The first-order valence-corrected chi connectivity index (χ1v) is 13.3. The van der Waals surface area contributed by atoms with E-state index < -0.39 is 0 Å². The smallest absolute Gasteiger partial charge is 0.221 e. The normalized spacial score (nSPS) is 18.1. The van der Waals surface area contributed by atoms with Gasteiger partial charge in [-0.2, -0.15) is 0 Å². The van der Waals surface area contributed by atoms with E-state index in [-0.39, 0.29) is 5.91 Å². The molecular weight excluding hydrogens is 460 g/mol. The molecule has 0 aliphatic carbocycles. The number of amides is 1. The molecule has 2 aliphatic heterocycles. The zero-order valence-electron chi connectivity index (χ0n) is 21.2. The van der Waals surface area contributed by atoms with Crippen LogP contribution in [0.5, 0.6) is 0 Å². The summed E-state index contributed by atoms with van der Waals surface area (Å²) >= 11 is 0. The quantitative estimate of drug-likeness (QED) is 0.444. The van der Waals surface area contributed by atoms with Gasteiger partial charge in [-0.05, 0) is 28.8 Å². The predicted molar refractivity (Wildman–Crippen MR) is 147 cm³/mol. The van der Waals surface area contributed by atoms with Crippen molar-refractivity contribution in [1.29, 1.82) is 0 Å². The largest absolute Gasteiger partial charge is 0.355 e. The molecule has 0 atom stereocenters. The number of aromatic nitrogens is 2. The summed E-state index contributed by atoms with van der Waals surface area (Å²) in [6.45, 7) is 8.82. The molecule has 1 amide bonds. The topological polar surface area (TPSA) is 56.1 Å². The Morgan fingerprint density at radius 2 is 1.51 bits per heavy atom. The van der Waals surface area contributed by atoms with E-state index in [0.717, 1.165) is 70.4 Å². The van der Waals surface area contributed by atoms with E-state index in [9.17, 15) is 4.79 Å². The number of nitrogens with one attached hydrogen (secondary N) is 1. The van der Waals surface area contributed by atoms with Crippen molar-refractivity contribution in [2.24, 2.45) is 0 Å². The summed E-state index contributed by atoms with van der Waals surface area (Å²) in [6.07, 6.45) is 4.68. The van der Waals surface area contributed by atoms with Gasteiger partial charge in [0.05, 0.1) is 18.6 Å². The van der Waals surface area contributed by atoms with Crippen LogP contribution < -0.4 is 5.32 Å². The monoisotopic (exact) mass is 494 g/mol. The molecule has 0 unspecified atom stereocenters. The number of carbonyl (C=O) groups excluding carboxylic acids is 1. The number of hydrogen-bond acceptors (Lipinski definition) is 5. The minimum atomic E-state index is 0.178. The molecule has 2 fully saturated rings. The molecule has 2 aromatic heterocycles. The van der Waals surface area contributed by atoms with Gasteiger partial charge in [0.25, 0.3) is 0 Å². The van der Waals surface area contributed by atoms with Gasteiger partial charge in [0.15, 0.2) is 0 Å². The zero-order chi connectivity index (χ0) is 25.0. The molecule has 7 nitrogen and oxygen atoms in total. The Labute approximate surface area is 218 Å². The van der Waals surface area contributed by atoms with Crippen molar-refractivity contribution < 1.29 is 4.79 Å². The second kappa shape index (κ2) is 10.8. The molecule has 0 saturated carbocycles. The Morgan fingerprint density at radius 1 is 0.757 bits per heavy atom. The van der Waals surface area contributed by atoms with Crippen LogP contribution in [0.25, 0.3) is 28.0 Å². The first kappa shape index (κ1) is 23.9.